The van der Waals surface area contributed by atoms with Crippen molar-refractivity contribution in [2.75, 3.05) is 13.2 Å². The van der Waals surface area contributed by atoms with Gasteiger partial charge in [-0.1, -0.05) is 292 Å². The van der Waals surface area contributed by atoms with Crippen LogP contribution in [0.4, 0.5) is 0 Å². The first-order valence-electron chi connectivity index (χ1n) is 29.6. The van der Waals surface area contributed by atoms with Crippen LogP contribution in [0.15, 0.2) is 0 Å². The molecule has 0 aliphatic heterocycles. The van der Waals surface area contributed by atoms with E-state index in [0.717, 1.165) is 75.5 Å². The molecule has 0 rings (SSSR count). The Morgan fingerprint density at radius 2 is 0.530 bits per heavy atom. The smallest absolute Gasteiger partial charge is 0.306 e. The van der Waals surface area contributed by atoms with Gasteiger partial charge in [-0.05, 0) is 37.0 Å². The van der Waals surface area contributed by atoms with Crippen molar-refractivity contribution in [3.8, 4) is 0 Å². The van der Waals surface area contributed by atoms with Gasteiger partial charge in [-0.15, -0.1) is 0 Å². The number of hydrogen-bond acceptors (Lipinski definition) is 6. The van der Waals surface area contributed by atoms with Crippen LogP contribution in [0.1, 0.15) is 330 Å². The minimum atomic E-state index is -0.764. The maximum atomic E-state index is 12.9. The molecule has 66 heavy (non-hydrogen) atoms. The molecule has 0 aromatic carbocycles. The van der Waals surface area contributed by atoms with Gasteiger partial charge >= 0.3 is 17.9 Å². The first-order valence-corrected chi connectivity index (χ1v) is 29.6. The van der Waals surface area contributed by atoms with Crippen LogP contribution in [0.3, 0.4) is 0 Å². The van der Waals surface area contributed by atoms with Crippen molar-refractivity contribution < 1.29 is 28.6 Å². The van der Waals surface area contributed by atoms with Crippen LogP contribution in [-0.4, -0.2) is 37.2 Å². The maximum absolute atomic E-state index is 12.9. The molecule has 0 saturated heterocycles. The normalized spacial score (nSPS) is 12.5. The first kappa shape index (κ1) is 64.4. The first-order chi connectivity index (χ1) is 32.1. The zero-order chi connectivity index (χ0) is 48.4. The fourth-order valence-electron chi connectivity index (χ4n) is 9.14. The maximum Gasteiger partial charge on any atom is 0.306 e. The van der Waals surface area contributed by atoms with Gasteiger partial charge in [0.2, 0.25) is 0 Å². The number of ether oxygens (including phenoxy) is 3. The van der Waals surface area contributed by atoms with E-state index in [4.69, 9.17) is 14.2 Å². The molecule has 0 aliphatic carbocycles. The molecule has 6 heteroatoms. The molecule has 0 aromatic heterocycles. The average molecular weight is 934 g/mol. The van der Waals surface area contributed by atoms with Crippen LogP contribution in [-0.2, 0) is 28.6 Å². The summed E-state index contributed by atoms with van der Waals surface area (Å²) in [6.07, 6.45) is 53.7. The van der Waals surface area contributed by atoms with Crippen LogP contribution < -0.4 is 0 Å². The van der Waals surface area contributed by atoms with Gasteiger partial charge in [-0.25, -0.2) is 0 Å². The van der Waals surface area contributed by atoms with Gasteiger partial charge in [0.05, 0.1) is 0 Å². The van der Waals surface area contributed by atoms with E-state index in [1.165, 1.54) is 212 Å². The predicted octanol–water partition coefficient (Wildman–Crippen LogP) is 19.5. The molecule has 0 amide bonds. The van der Waals surface area contributed by atoms with Crippen molar-refractivity contribution in [2.24, 2.45) is 17.8 Å². The molecule has 0 spiro atoms. The predicted molar refractivity (Wildman–Crippen MR) is 284 cm³/mol. The van der Waals surface area contributed by atoms with Crippen LogP contribution in [0.5, 0.6) is 0 Å². The lowest BCUT2D eigenvalue weighted by atomic mass is 9.99. The third-order valence-corrected chi connectivity index (χ3v) is 14.0. The van der Waals surface area contributed by atoms with Crippen LogP contribution in [0.2, 0.25) is 0 Å². The second-order valence-electron chi connectivity index (χ2n) is 21.8. The number of hydrogen-bond donors (Lipinski definition) is 0. The SMILES string of the molecule is CCC(C)CCCCCCCCCCCCCCCCC(=O)O[C@H](COC(=O)CCCCCCCCCCCCCCCC(C)C)COC(=O)CCCCCCCCCCCCCC(C)C. The Labute approximate surface area is 412 Å². The molecule has 0 saturated carbocycles. The highest BCUT2D eigenvalue weighted by molar-refractivity contribution is 5.71. The molecular formula is C60H116O6. The van der Waals surface area contributed by atoms with E-state index in [9.17, 15) is 14.4 Å². The number of esters is 3. The second kappa shape index (κ2) is 51.3. The minimum Gasteiger partial charge on any atom is -0.462 e. The molecule has 0 heterocycles. The molecular weight excluding hydrogens is 817 g/mol. The zero-order valence-corrected chi connectivity index (χ0v) is 45.5. The van der Waals surface area contributed by atoms with Gasteiger partial charge in [0, 0.05) is 19.3 Å². The van der Waals surface area contributed by atoms with Crippen molar-refractivity contribution in [1.29, 1.82) is 0 Å². The van der Waals surface area contributed by atoms with Gasteiger partial charge in [0.25, 0.3) is 0 Å². The summed E-state index contributed by atoms with van der Waals surface area (Å²) in [5, 5.41) is 0. The van der Waals surface area contributed by atoms with Crippen molar-refractivity contribution in [3.63, 3.8) is 0 Å². The number of carbonyl (C=O) groups excluding carboxylic acids is 3. The summed E-state index contributed by atoms with van der Waals surface area (Å²) >= 11 is 0. The van der Waals surface area contributed by atoms with Crippen molar-refractivity contribution in [1.82, 2.24) is 0 Å². The Balaban J connectivity index is 4.31. The molecule has 6 nitrogen and oxygen atoms in total. The van der Waals surface area contributed by atoms with Crippen LogP contribution in [0.25, 0.3) is 0 Å². The summed E-state index contributed by atoms with van der Waals surface area (Å²) in [5.74, 6) is 1.72. The van der Waals surface area contributed by atoms with E-state index in [-0.39, 0.29) is 31.1 Å². The lowest BCUT2D eigenvalue weighted by Crippen LogP contribution is -2.30. The molecule has 392 valence electrons. The topological polar surface area (TPSA) is 78.9 Å². The Bertz CT molecular complexity index is 1020. The molecule has 0 aliphatic rings. The highest BCUT2D eigenvalue weighted by Crippen LogP contribution is 2.19. The monoisotopic (exact) mass is 933 g/mol. The van der Waals surface area contributed by atoms with Gasteiger partial charge in [0.1, 0.15) is 13.2 Å². The Morgan fingerprint density at radius 1 is 0.303 bits per heavy atom. The largest absolute Gasteiger partial charge is 0.462 e. The Morgan fingerprint density at radius 3 is 0.788 bits per heavy atom. The van der Waals surface area contributed by atoms with E-state index in [0.29, 0.717) is 19.3 Å². The molecule has 0 radical (unpaired) electrons. The molecule has 0 bridgehead atoms. The van der Waals surface area contributed by atoms with E-state index >= 15 is 0 Å². The summed E-state index contributed by atoms with van der Waals surface area (Å²) in [7, 11) is 0. The highest BCUT2D eigenvalue weighted by atomic mass is 16.6. The Kier molecular flexibility index (Phi) is 50.0. The second-order valence-corrected chi connectivity index (χ2v) is 21.8. The minimum absolute atomic E-state index is 0.0634. The third-order valence-electron chi connectivity index (χ3n) is 14.0. The fraction of sp³-hybridized carbons (Fsp3) is 0.950. The molecule has 1 unspecified atom stereocenters. The summed E-state index contributed by atoms with van der Waals surface area (Å²) in [5.41, 5.74) is 0. The number of carbonyl (C=O) groups is 3. The number of rotatable bonds is 53. The van der Waals surface area contributed by atoms with Gasteiger partial charge in [0.15, 0.2) is 6.10 Å². The van der Waals surface area contributed by atoms with Crippen molar-refractivity contribution in [2.45, 2.75) is 337 Å². The zero-order valence-electron chi connectivity index (χ0n) is 45.5. The summed E-state index contributed by atoms with van der Waals surface area (Å²) in [6.45, 7) is 13.8. The fourth-order valence-corrected chi connectivity index (χ4v) is 9.14. The van der Waals surface area contributed by atoms with E-state index in [1.807, 2.05) is 0 Å². The van der Waals surface area contributed by atoms with Gasteiger partial charge in [-0.3, -0.25) is 14.4 Å². The quantitative estimate of drug-likeness (QED) is 0.0343. The molecule has 2 atom stereocenters. The Hall–Kier alpha value is -1.59. The molecule has 0 aromatic rings. The summed E-state index contributed by atoms with van der Waals surface area (Å²) < 4.78 is 16.9. The number of unbranched alkanes of at least 4 members (excludes halogenated alkanes) is 35. The summed E-state index contributed by atoms with van der Waals surface area (Å²) in [6, 6.07) is 0. The van der Waals surface area contributed by atoms with E-state index < -0.39 is 6.10 Å². The van der Waals surface area contributed by atoms with Crippen molar-refractivity contribution >= 4 is 17.9 Å². The van der Waals surface area contributed by atoms with Gasteiger partial charge in [-0.2, -0.15) is 0 Å². The lowest BCUT2D eigenvalue weighted by Gasteiger charge is -2.18. The third kappa shape index (κ3) is 51.8. The van der Waals surface area contributed by atoms with E-state index in [1.54, 1.807) is 0 Å². The molecule has 0 fully saturated rings. The standard InChI is InChI=1S/C60H116O6/c1-7-56(6)48-42-36-30-24-18-12-8-9-13-20-27-33-39-45-51-60(63)66-57(53-65-59(62)50-44-38-32-26-21-15-17-23-29-35-41-47-55(4)5)52-64-58(61)49-43-37-31-25-19-14-10-11-16-22-28-34-40-46-54(2)3/h54-57H,7-53H2,1-6H3/t56?,57-/m1/s1. The average Bonchev–Trinajstić information content (AvgIpc) is 3.29. The van der Waals surface area contributed by atoms with Crippen molar-refractivity contribution in [3.05, 3.63) is 0 Å². The molecule has 0 N–H and O–H groups in total. The van der Waals surface area contributed by atoms with Crippen LogP contribution in [0, 0.1) is 17.8 Å². The highest BCUT2D eigenvalue weighted by Gasteiger charge is 2.19. The van der Waals surface area contributed by atoms with Crippen LogP contribution >= 0.6 is 0 Å². The van der Waals surface area contributed by atoms with Gasteiger partial charge < -0.3 is 14.2 Å². The van der Waals surface area contributed by atoms with E-state index in [2.05, 4.69) is 41.5 Å². The lowest BCUT2D eigenvalue weighted by molar-refractivity contribution is -0.167. The summed E-state index contributed by atoms with van der Waals surface area (Å²) in [4.78, 5) is 38.2.